The van der Waals surface area contributed by atoms with Gasteiger partial charge in [0.05, 0.1) is 5.56 Å². The van der Waals surface area contributed by atoms with Gasteiger partial charge in [-0.1, -0.05) is 24.3 Å². The Bertz CT molecular complexity index is 723. The number of hydrogen-bond acceptors (Lipinski definition) is 5. The van der Waals surface area contributed by atoms with Crippen LogP contribution >= 0.6 is 0 Å². The van der Waals surface area contributed by atoms with Gasteiger partial charge in [-0.2, -0.15) is 0 Å². The number of ether oxygens (including phenoxy) is 1. The zero-order valence-electron chi connectivity index (χ0n) is 14.0. The van der Waals surface area contributed by atoms with Crippen LogP contribution in [-0.2, 0) is 9.16 Å². The molecule has 0 saturated carbocycles. The second-order valence-electron chi connectivity index (χ2n) is 5.98. The molecule has 1 heterocycles. The fourth-order valence-corrected chi connectivity index (χ4v) is 2.43. The van der Waals surface area contributed by atoms with Gasteiger partial charge in [-0.05, 0) is 37.8 Å². The van der Waals surface area contributed by atoms with E-state index in [2.05, 4.69) is 9.98 Å². The van der Waals surface area contributed by atoms with Crippen molar-refractivity contribution in [2.45, 2.75) is 19.6 Å². The molecule has 0 atom stereocenters. The minimum atomic E-state index is -1.95. The molecule has 0 spiro atoms. The molecule has 6 heteroatoms. The zero-order chi connectivity index (χ0) is 17.4. The molecule has 0 N–H and O–H groups in total. The van der Waals surface area contributed by atoms with E-state index in [1.165, 1.54) is 6.20 Å². The van der Waals surface area contributed by atoms with Crippen LogP contribution in [0.1, 0.15) is 15.9 Å². The second-order valence-corrected chi connectivity index (χ2v) is 10.4. The molecule has 1 aromatic carbocycles. The summed E-state index contributed by atoms with van der Waals surface area (Å²) in [6.45, 7) is 6.01. The number of benzene rings is 1. The van der Waals surface area contributed by atoms with E-state index in [1.54, 1.807) is 42.9 Å². The van der Waals surface area contributed by atoms with Gasteiger partial charge in [0.1, 0.15) is 6.20 Å². The van der Waals surface area contributed by atoms with Crippen molar-refractivity contribution in [2.24, 2.45) is 4.99 Å². The van der Waals surface area contributed by atoms with Crippen LogP contribution in [0.4, 0.5) is 0 Å². The van der Waals surface area contributed by atoms with E-state index in [0.717, 1.165) is 5.56 Å². The Morgan fingerprint density at radius 1 is 1.12 bits per heavy atom. The van der Waals surface area contributed by atoms with E-state index in [1.807, 2.05) is 37.8 Å². The SMILES string of the molecule is C[Si](C)(C)O/C(=C\N=Cc1cccnc1)OC(=O)c1ccccc1. The van der Waals surface area contributed by atoms with Gasteiger partial charge in [0.15, 0.2) is 0 Å². The van der Waals surface area contributed by atoms with Gasteiger partial charge in [-0.25, -0.2) is 4.79 Å². The van der Waals surface area contributed by atoms with Crippen molar-refractivity contribution in [1.82, 2.24) is 4.98 Å². The topological polar surface area (TPSA) is 60.8 Å². The first-order chi connectivity index (χ1) is 11.4. The molecule has 2 aromatic rings. The molecule has 0 aliphatic carbocycles. The normalized spacial score (nSPS) is 12.2. The third-order valence-electron chi connectivity index (χ3n) is 2.70. The number of carbonyl (C=O) groups excluding carboxylic acids is 1. The summed E-state index contributed by atoms with van der Waals surface area (Å²) in [6.07, 6.45) is 6.41. The number of aliphatic imine (C=N–C) groups is 1. The van der Waals surface area contributed by atoms with Gasteiger partial charge >= 0.3 is 5.97 Å². The number of rotatable bonds is 6. The number of esters is 1. The molecule has 0 aliphatic heterocycles. The summed E-state index contributed by atoms with van der Waals surface area (Å²) in [4.78, 5) is 20.4. The summed E-state index contributed by atoms with van der Waals surface area (Å²) in [6, 6.07) is 12.5. The predicted molar refractivity (Wildman–Crippen MR) is 96.2 cm³/mol. The van der Waals surface area contributed by atoms with Gasteiger partial charge in [-0.15, -0.1) is 0 Å². The molecule has 1 aromatic heterocycles. The first-order valence-corrected chi connectivity index (χ1v) is 10.9. The smallest absolute Gasteiger partial charge is 0.345 e. The van der Waals surface area contributed by atoms with Crippen LogP contribution in [0, 0.1) is 0 Å². The van der Waals surface area contributed by atoms with E-state index in [0.29, 0.717) is 5.56 Å². The quantitative estimate of drug-likeness (QED) is 0.345. The largest absolute Gasteiger partial charge is 0.518 e. The molecular weight excluding hydrogens is 320 g/mol. The molecule has 0 radical (unpaired) electrons. The van der Waals surface area contributed by atoms with E-state index < -0.39 is 14.3 Å². The zero-order valence-corrected chi connectivity index (χ0v) is 15.0. The van der Waals surface area contributed by atoms with Crippen molar-refractivity contribution in [2.75, 3.05) is 0 Å². The monoisotopic (exact) mass is 340 g/mol. The van der Waals surface area contributed by atoms with E-state index in [9.17, 15) is 4.79 Å². The maximum Gasteiger partial charge on any atom is 0.345 e. The van der Waals surface area contributed by atoms with Crippen LogP contribution in [0.3, 0.4) is 0 Å². The Labute approximate surface area is 142 Å². The maximum atomic E-state index is 12.2. The first kappa shape index (κ1) is 17.6. The average molecular weight is 340 g/mol. The van der Waals surface area contributed by atoms with Crippen molar-refractivity contribution < 1.29 is 14.0 Å². The lowest BCUT2D eigenvalue weighted by atomic mass is 10.2. The summed E-state index contributed by atoms with van der Waals surface area (Å²) in [5.74, 6) is -0.375. The van der Waals surface area contributed by atoms with Crippen molar-refractivity contribution in [3.8, 4) is 0 Å². The summed E-state index contributed by atoms with van der Waals surface area (Å²) in [7, 11) is -1.95. The molecule has 0 amide bonds. The highest BCUT2D eigenvalue weighted by Crippen LogP contribution is 2.14. The van der Waals surface area contributed by atoms with E-state index in [-0.39, 0.29) is 5.95 Å². The lowest BCUT2D eigenvalue weighted by Gasteiger charge is -2.20. The van der Waals surface area contributed by atoms with Crippen molar-refractivity contribution >= 4 is 20.5 Å². The van der Waals surface area contributed by atoms with Crippen molar-refractivity contribution in [3.63, 3.8) is 0 Å². The van der Waals surface area contributed by atoms with Crippen LogP contribution in [0.5, 0.6) is 0 Å². The van der Waals surface area contributed by atoms with Crippen LogP contribution < -0.4 is 0 Å². The number of carbonyl (C=O) groups is 1. The molecule has 0 fully saturated rings. The Kier molecular flexibility index (Phi) is 6.03. The average Bonchev–Trinajstić information content (AvgIpc) is 2.55. The van der Waals surface area contributed by atoms with Crippen LogP contribution in [-0.4, -0.2) is 25.5 Å². The van der Waals surface area contributed by atoms with E-state index >= 15 is 0 Å². The molecule has 0 saturated heterocycles. The van der Waals surface area contributed by atoms with Gasteiger partial charge in [-0.3, -0.25) is 9.98 Å². The standard InChI is InChI=1S/C18H20N2O3Si/c1-24(2,3)23-17(14-20-13-15-8-7-11-19-12-15)22-18(21)16-9-5-4-6-10-16/h4-14H,1-3H3/b17-14-,20-13?. The highest BCUT2D eigenvalue weighted by molar-refractivity contribution is 6.70. The van der Waals surface area contributed by atoms with Crippen LogP contribution in [0.15, 0.2) is 72.0 Å². The lowest BCUT2D eigenvalue weighted by molar-refractivity contribution is 0.0467. The Balaban J connectivity index is 2.13. The summed E-state index contributed by atoms with van der Waals surface area (Å²) >= 11 is 0. The number of nitrogens with zero attached hydrogens (tertiary/aromatic N) is 2. The molecule has 24 heavy (non-hydrogen) atoms. The lowest BCUT2D eigenvalue weighted by Crippen LogP contribution is -2.26. The van der Waals surface area contributed by atoms with Crippen molar-refractivity contribution in [1.29, 1.82) is 0 Å². The van der Waals surface area contributed by atoms with Crippen LogP contribution in [0.25, 0.3) is 0 Å². The maximum absolute atomic E-state index is 12.2. The van der Waals surface area contributed by atoms with Gasteiger partial charge in [0, 0.05) is 24.2 Å². The third kappa shape index (κ3) is 6.17. The first-order valence-electron chi connectivity index (χ1n) is 7.54. The molecule has 5 nitrogen and oxygen atoms in total. The Hall–Kier alpha value is -2.73. The molecule has 2 rings (SSSR count). The fraction of sp³-hybridized carbons (Fsp3) is 0.167. The van der Waals surface area contributed by atoms with Crippen molar-refractivity contribution in [3.05, 3.63) is 78.1 Å². The summed E-state index contributed by atoms with van der Waals surface area (Å²) in [5.41, 5.74) is 1.30. The van der Waals surface area contributed by atoms with Gasteiger partial charge < -0.3 is 9.16 Å². The van der Waals surface area contributed by atoms with Gasteiger partial charge in [0.2, 0.25) is 8.32 Å². The fourth-order valence-electron chi connectivity index (χ4n) is 1.74. The molecule has 0 aliphatic rings. The Morgan fingerprint density at radius 3 is 2.50 bits per heavy atom. The highest BCUT2D eigenvalue weighted by atomic mass is 28.4. The van der Waals surface area contributed by atoms with Gasteiger partial charge in [0.25, 0.3) is 5.95 Å². The minimum absolute atomic E-state index is 0.100. The summed E-state index contributed by atoms with van der Waals surface area (Å²) < 4.78 is 11.2. The van der Waals surface area contributed by atoms with Crippen LogP contribution in [0.2, 0.25) is 19.6 Å². The molecular formula is C18H20N2O3Si. The molecule has 0 unspecified atom stereocenters. The predicted octanol–water partition coefficient (Wildman–Crippen LogP) is 4.01. The minimum Gasteiger partial charge on any atom is -0.518 e. The summed E-state index contributed by atoms with van der Waals surface area (Å²) in [5, 5.41) is 0. The molecule has 124 valence electrons. The second kappa shape index (κ2) is 8.21. The highest BCUT2D eigenvalue weighted by Gasteiger charge is 2.21. The number of aromatic nitrogens is 1. The Morgan fingerprint density at radius 2 is 1.88 bits per heavy atom. The molecule has 0 bridgehead atoms. The van der Waals surface area contributed by atoms with E-state index in [4.69, 9.17) is 9.16 Å². The number of hydrogen-bond donors (Lipinski definition) is 0. The third-order valence-corrected chi connectivity index (χ3v) is 3.51. The number of pyridine rings is 1.